The number of hydrogen-bond acceptors (Lipinski definition) is 4. The molecule has 0 saturated carbocycles. The lowest BCUT2D eigenvalue weighted by Gasteiger charge is -2.15. The number of likely N-dealkylation sites (N-methyl/N-ethyl adjacent to an activating group) is 1. The number of primary amides is 1. The van der Waals surface area contributed by atoms with Crippen molar-refractivity contribution in [2.24, 2.45) is 5.73 Å². The molecule has 1 rings (SSSR count). The van der Waals surface area contributed by atoms with Crippen molar-refractivity contribution in [1.82, 2.24) is 4.90 Å². The summed E-state index contributed by atoms with van der Waals surface area (Å²) in [6.07, 6.45) is 0. The molecule has 0 aliphatic rings. The summed E-state index contributed by atoms with van der Waals surface area (Å²) in [5.74, 6) is 0.447. The molecule has 0 radical (unpaired) electrons. The van der Waals surface area contributed by atoms with Gasteiger partial charge in [0.2, 0.25) is 5.91 Å². The van der Waals surface area contributed by atoms with Crippen molar-refractivity contribution in [3.05, 3.63) is 23.8 Å². The Balaban J connectivity index is 2.75. The van der Waals surface area contributed by atoms with E-state index in [0.29, 0.717) is 17.9 Å². The van der Waals surface area contributed by atoms with E-state index in [0.717, 1.165) is 0 Å². The number of amides is 1. The first kappa shape index (κ1) is 12.3. The maximum atomic E-state index is 10.7. The Labute approximate surface area is 94.4 Å². The highest BCUT2D eigenvalue weighted by atomic mass is 16.5. The van der Waals surface area contributed by atoms with Gasteiger partial charge in [0, 0.05) is 12.1 Å². The summed E-state index contributed by atoms with van der Waals surface area (Å²) in [6.45, 7) is 0.586. The van der Waals surface area contributed by atoms with Gasteiger partial charge < -0.3 is 15.6 Å². The summed E-state index contributed by atoms with van der Waals surface area (Å²) in [4.78, 5) is 12.4. The van der Waals surface area contributed by atoms with E-state index >= 15 is 0 Å². The van der Waals surface area contributed by atoms with E-state index in [4.69, 9.17) is 10.5 Å². The zero-order valence-electron chi connectivity index (χ0n) is 9.43. The van der Waals surface area contributed by atoms with Gasteiger partial charge >= 0.3 is 0 Å². The SMILES string of the molecule is COc1ccc(O)c(CN(C)CC(N)=O)c1. The van der Waals surface area contributed by atoms with E-state index in [-0.39, 0.29) is 12.3 Å². The van der Waals surface area contributed by atoms with Crippen LogP contribution in [0.5, 0.6) is 11.5 Å². The topological polar surface area (TPSA) is 75.8 Å². The lowest BCUT2D eigenvalue weighted by molar-refractivity contribution is -0.118. The molecule has 0 aliphatic carbocycles. The van der Waals surface area contributed by atoms with E-state index in [1.165, 1.54) is 0 Å². The number of nitrogens with zero attached hydrogens (tertiary/aromatic N) is 1. The van der Waals surface area contributed by atoms with Crippen LogP contribution in [0, 0.1) is 0 Å². The maximum Gasteiger partial charge on any atom is 0.231 e. The minimum atomic E-state index is -0.398. The summed E-state index contributed by atoms with van der Waals surface area (Å²) in [7, 11) is 3.31. The van der Waals surface area contributed by atoms with Gasteiger partial charge in [-0.3, -0.25) is 9.69 Å². The molecule has 0 aliphatic heterocycles. The lowest BCUT2D eigenvalue weighted by Crippen LogP contribution is -2.30. The van der Waals surface area contributed by atoms with E-state index in [1.54, 1.807) is 37.3 Å². The number of methoxy groups -OCH3 is 1. The largest absolute Gasteiger partial charge is 0.508 e. The molecule has 88 valence electrons. The number of carbonyl (C=O) groups excluding carboxylic acids is 1. The third kappa shape index (κ3) is 3.43. The second kappa shape index (κ2) is 5.37. The molecule has 1 aromatic carbocycles. The second-order valence-electron chi connectivity index (χ2n) is 3.63. The van der Waals surface area contributed by atoms with Crippen molar-refractivity contribution in [2.45, 2.75) is 6.54 Å². The molecule has 0 saturated heterocycles. The number of phenols is 1. The molecule has 1 aromatic rings. The van der Waals surface area contributed by atoms with Crippen LogP contribution < -0.4 is 10.5 Å². The minimum Gasteiger partial charge on any atom is -0.508 e. The van der Waals surface area contributed by atoms with Crippen molar-refractivity contribution >= 4 is 5.91 Å². The molecular weight excluding hydrogens is 208 g/mol. The third-order valence-electron chi connectivity index (χ3n) is 2.15. The maximum absolute atomic E-state index is 10.7. The summed E-state index contributed by atoms with van der Waals surface area (Å²) in [5, 5.41) is 9.62. The van der Waals surface area contributed by atoms with Crippen molar-refractivity contribution in [1.29, 1.82) is 0 Å². The number of nitrogens with two attached hydrogens (primary N) is 1. The van der Waals surface area contributed by atoms with Crippen molar-refractivity contribution in [2.75, 3.05) is 20.7 Å². The van der Waals surface area contributed by atoms with Crippen molar-refractivity contribution in [3.8, 4) is 11.5 Å². The first-order valence-electron chi connectivity index (χ1n) is 4.85. The van der Waals surface area contributed by atoms with Crippen molar-refractivity contribution in [3.63, 3.8) is 0 Å². The lowest BCUT2D eigenvalue weighted by atomic mass is 10.2. The second-order valence-corrected chi connectivity index (χ2v) is 3.63. The fraction of sp³-hybridized carbons (Fsp3) is 0.364. The highest BCUT2D eigenvalue weighted by Crippen LogP contribution is 2.23. The van der Waals surface area contributed by atoms with Crippen molar-refractivity contribution < 1.29 is 14.6 Å². The summed E-state index contributed by atoms with van der Waals surface area (Å²) in [5.41, 5.74) is 5.77. The van der Waals surface area contributed by atoms with Crippen LogP contribution in [0.4, 0.5) is 0 Å². The summed E-state index contributed by atoms with van der Waals surface area (Å²) >= 11 is 0. The standard InChI is InChI=1S/C11H16N2O3/c1-13(7-11(12)15)6-8-5-9(16-2)3-4-10(8)14/h3-5,14H,6-7H2,1-2H3,(H2,12,15). The molecule has 0 heterocycles. The number of aromatic hydroxyl groups is 1. The van der Waals surface area contributed by atoms with Crippen LogP contribution in [0.25, 0.3) is 0 Å². The highest BCUT2D eigenvalue weighted by molar-refractivity contribution is 5.75. The van der Waals surface area contributed by atoms with Crippen LogP contribution in [0.1, 0.15) is 5.56 Å². The van der Waals surface area contributed by atoms with Gasteiger partial charge in [-0.15, -0.1) is 0 Å². The molecule has 3 N–H and O–H groups in total. The van der Waals surface area contributed by atoms with Crippen LogP contribution >= 0.6 is 0 Å². The van der Waals surface area contributed by atoms with E-state index < -0.39 is 5.91 Å². The quantitative estimate of drug-likeness (QED) is 0.755. The van der Waals surface area contributed by atoms with Gasteiger partial charge in [-0.25, -0.2) is 0 Å². The fourth-order valence-electron chi connectivity index (χ4n) is 1.43. The van der Waals surface area contributed by atoms with E-state index in [2.05, 4.69) is 0 Å². The van der Waals surface area contributed by atoms with E-state index in [1.807, 2.05) is 0 Å². The van der Waals surface area contributed by atoms with Crippen LogP contribution in [0.2, 0.25) is 0 Å². The van der Waals surface area contributed by atoms with Crippen LogP contribution in [0.15, 0.2) is 18.2 Å². The average molecular weight is 224 g/mol. The number of hydrogen-bond donors (Lipinski definition) is 2. The van der Waals surface area contributed by atoms with Gasteiger partial charge in [-0.1, -0.05) is 0 Å². The Bertz CT molecular complexity index is 379. The van der Waals surface area contributed by atoms with Gasteiger partial charge in [0.15, 0.2) is 0 Å². The Kier molecular flexibility index (Phi) is 4.13. The zero-order valence-corrected chi connectivity index (χ0v) is 9.43. The molecule has 0 spiro atoms. The Morgan fingerprint density at radius 1 is 1.56 bits per heavy atom. The average Bonchev–Trinajstić information content (AvgIpc) is 2.20. The predicted molar refractivity (Wildman–Crippen MR) is 60.2 cm³/mol. The van der Waals surface area contributed by atoms with Crippen LogP contribution in [-0.2, 0) is 11.3 Å². The molecule has 1 amide bonds. The molecule has 0 fully saturated rings. The number of ether oxygens (including phenoxy) is 1. The van der Waals surface area contributed by atoms with Crippen LogP contribution in [0.3, 0.4) is 0 Å². The van der Waals surface area contributed by atoms with Gasteiger partial charge in [0.05, 0.1) is 13.7 Å². The third-order valence-corrected chi connectivity index (χ3v) is 2.15. The summed E-state index contributed by atoms with van der Waals surface area (Å²) in [6, 6.07) is 4.96. The van der Waals surface area contributed by atoms with E-state index in [9.17, 15) is 9.90 Å². The van der Waals surface area contributed by atoms with Gasteiger partial charge in [-0.05, 0) is 25.2 Å². The predicted octanol–water partition coefficient (Wildman–Crippen LogP) is 0.318. The first-order valence-corrected chi connectivity index (χ1v) is 4.85. The number of carbonyl (C=O) groups is 1. The first-order chi connectivity index (χ1) is 7.52. The number of rotatable bonds is 5. The zero-order chi connectivity index (χ0) is 12.1. The minimum absolute atomic E-state index is 0.149. The van der Waals surface area contributed by atoms with Gasteiger partial charge in [-0.2, -0.15) is 0 Å². The Morgan fingerprint density at radius 3 is 2.81 bits per heavy atom. The Hall–Kier alpha value is -1.75. The number of phenolic OH excluding ortho intramolecular Hbond substituents is 1. The monoisotopic (exact) mass is 224 g/mol. The molecule has 16 heavy (non-hydrogen) atoms. The molecule has 5 heteroatoms. The highest BCUT2D eigenvalue weighted by Gasteiger charge is 2.08. The fourth-order valence-corrected chi connectivity index (χ4v) is 1.43. The van der Waals surface area contributed by atoms with Crippen LogP contribution in [-0.4, -0.2) is 36.6 Å². The Morgan fingerprint density at radius 2 is 2.25 bits per heavy atom. The normalized spacial score (nSPS) is 10.4. The molecule has 0 unspecified atom stereocenters. The molecule has 0 aromatic heterocycles. The number of benzene rings is 1. The molecule has 0 atom stereocenters. The molecule has 5 nitrogen and oxygen atoms in total. The van der Waals surface area contributed by atoms with Gasteiger partial charge in [0.1, 0.15) is 11.5 Å². The smallest absolute Gasteiger partial charge is 0.231 e. The molecular formula is C11H16N2O3. The van der Waals surface area contributed by atoms with Gasteiger partial charge in [0.25, 0.3) is 0 Å². The summed E-state index contributed by atoms with van der Waals surface area (Å²) < 4.78 is 5.05. The molecule has 0 bridgehead atoms.